The van der Waals surface area contributed by atoms with Gasteiger partial charge in [0.1, 0.15) is 17.2 Å². The van der Waals surface area contributed by atoms with Crippen LogP contribution in [0, 0.1) is 12.8 Å². The van der Waals surface area contributed by atoms with Crippen molar-refractivity contribution in [3.05, 3.63) is 17.6 Å². The Hall–Kier alpha value is -1.65. The first-order valence-corrected chi connectivity index (χ1v) is 6.71. The van der Waals surface area contributed by atoms with Crippen molar-refractivity contribution in [1.82, 2.24) is 9.97 Å². The second-order valence-electron chi connectivity index (χ2n) is 4.68. The first kappa shape index (κ1) is 15.4. The summed E-state index contributed by atoms with van der Waals surface area (Å²) in [4.78, 5) is 20.1. The van der Waals surface area contributed by atoms with Crippen LogP contribution in [0.15, 0.2) is 6.20 Å². The molecule has 0 saturated carbocycles. The van der Waals surface area contributed by atoms with Gasteiger partial charge < -0.3 is 10.1 Å². The van der Waals surface area contributed by atoms with E-state index in [0.717, 1.165) is 12.8 Å². The van der Waals surface area contributed by atoms with Gasteiger partial charge in [-0.05, 0) is 19.8 Å². The van der Waals surface area contributed by atoms with Crippen molar-refractivity contribution in [2.75, 3.05) is 12.4 Å². The molecule has 0 aromatic carbocycles. The van der Waals surface area contributed by atoms with Crippen LogP contribution < -0.4 is 5.32 Å². The summed E-state index contributed by atoms with van der Waals surface area (Å²) >= 11 is 0. The number of ether oxygens (including phenoxy) is 1. The third kappa shape index (κ3) is 3.91. The molecule has 106 valence electrons. The normalized spacial score (nSPS) is 12.3. The molecule has 1 aromatic heterocycles. The molecule has 1 aromatic rings. The molecule has 0 aliphatic carbocycles. The van der Waals surface area contributed by atoms with Gasteiger partial charge in [-0.3, -0.25) is 0 Å². The number of aromatic nitrogens is 2. The highest BCUT2D eigenvalue weighted by atomic mass is 16.5. The first-order valence-electron chi connectivity index (χ1n) is 6.71. The van der Waals surface area contributed by atoms with E-state index >= 15 is 0 Å². The molecule has 0 spiro atoms. The van der Waals surface area contributed by atoms with Gasteiger partial charge in [0.25, 0.3) is 0 Å². The van der Waals surface area contributed by atoms with Crippen LogP contribution in [0.1, 0.15) is 49.8 Å². The zero-order valence-corrected chi connectivity index (χ0v) is 12.4. The van der Waals surface area contributed by atoms with Crippen LogP contribution in [0.4, 0.5) is 5.82 Å². The molecule has 1 heterocycles. The van der Waals surface area contributed by atoms with Gasteiger partial charge in [-0.25, -0.2) is 14.8 Å². The van der Waals surface area contributed by atoms with Crippen LogP contribution in [-0.4, -0.2) is 29.1 Å². The average Bonchev–Trinajstić information content (AvgIpc) is 2.39. The van der Waals surface area contributed by atoms with Crippen molar-refractivity contribution in [3.8, 4) is 0 Å². The maximum Gasteiger partial charge on any atom is 0.343 e. The number of carbonyl (C=O) groups excluding carboxylic acids is 1. The number of hydrogen-bond acceptors (Lipinski definition) is 5. The van der Waals surface area contributed by atoms with E-state index in [-0.39, 0.29) is 6.04 Å². The monoisotopic (exact) mass is 265 g/mol. The molecule has 1 atom stereocenters. The lowest BCUT2D eigenvalue weighted by Gasteiger charge is -2.23. The molecule has 5 heteroatoms. The van der Waals surface area contributed by atoms with Crippen LogP contribution in [-0.2, 0) is 4.74 Å². The van der Waals surface area contributed by atoms with E-state index in [0.29, 0.717) is 23.1 Å². The van der Waals surface area contributed by atoms with Crippen LogP contribution in [0.2, 0.25) is 0 Å². The van der Waals surface area contributed by atoms with E-state index in [1.54, 1.807) is 6.92 Å². The van der Waals surface area contributed by atoms with Gasteiger partial charge >= 0.3 is 5.97 Å². The number of hydrogen-bond donors (Lipinski definition) is 1. The van der Waals surface area contributed by atoms with Gasteiger partial charge in [-0.15, -0.1) is 0 Å². The van der Waals surface area contributed by atoms with Gasteiger partial charge in [-0.1, -0.05) is 26.7 Å². The Labute approximate surface area is 114 Å². The molecular formula is C14H23N3O2. The van der Waals surface area contributed by atoms with E-state index in [9.17, 15) is 4.79 Å². The van der Waals surface area contributed by atoms with Crippen molar-refractivity contribution in [1.29, 1.82) is 0 Å². The summed E-state index contributed by atoms with van der Waals surface area (Å²) in [5.41, 5.74) is 0.380. The molecule has 0 bridgehead atoms. The summed E-state index contributed by atoms with van der Waals surface area (Å²) in [7, 11) is 1.36. The van der Waals surface area contributed by atoms with Crippen LogP contribution in [0.25, 0.3) is 0 Å². The van der Waals surface area contributed by atoms with Crippen molar-refractivity contribution < 1.29 is 9.53 Å². The molecule has 0 aliphatic heterocycles. The second kappa shape index (κ2) is 7.07. The SMILES string of the molecule is CCC(CC)C(C)Nc1nc(C)ncc1C(=O)OC. The lowest BCUT2D eigenvalue weighted by molar-refractivity contribution is 0.0601. The second-order valence-corrected chi connectivity index (χ2v) is 4.68. The van der Waals surface area contributed by atoms with Crippen LogP contribution in [0.5, 0.6) is 0 Å². The molecule has 0 fully saturated rings. The summed E-state index contributed by atoms with van der Waals surface area (Å²) in [6.07, 6.45) is 3.68. The number of aryl methyl sites for hydroxylation is 1. The van der Waals surface area contributed by atoms with E-state index in [2.05, 4.69) is 36.1 Å². The third-order valence-electron chi connectivity index (χ3n) is 3.43. The predicted molar refractivity (Wildman–Crippen MR) is 75.3 cm³/mol. The molecule has 1 unspecified atom stereocenters. The zero-order chi connectivity index (χ0) is 14.4. The highest BCUT2D eigenvalue weighted by Crippen LogP contribution is 2.20. The molecule has 0 radical (unpaired) electrons. The fraction of sp³-hybridized carbons (Fsp3) is 0.643. The van der Waals surface area contributed by atoms with E-state index in [4.69, 9.17) is 4.74 Å². The smallest absolute Gasteiger partial charge is 0.343 e. The largest absolute Gasteiger partial charge is 0.465 e. The van der Waals surface area contributed by atoms with E-state index in [1.165, 1.54) is 13.3 Å². The number of anilines is 1. The summed E-state index contributed by atoms with van der Waals surface area (Å²) in [6, 6.07) is 0.243. The van der Waals surface area contributed by atoms with Crippen molar-refractivity contribution in [2.45, 2.75) is 46.6 Å². The van der Waals surface area contributed by atoms with Crippen molar-refractivity contribution in [3.63, 3.8) is 0 Å². The third-order valence-corrected chi connectivity index (χ3v) is 3.43. The Bertz CT molecular complexity index is 431. The summed E-state index contributed by atoms with van der Waals surface area (Å²) < 4.78 is 4.75. The number of carbonyl (C=O) groups is 1. The fourth-order valence-electron chi connectivity index (χ4n) is 2.17. The fourth-order valence-corrected chi connectivity index (χ4v) is 2.17. The van der Waals surface area contributed by atoms with Crippen LogP contribution in [0.3, 0.4) is 0 Å². The average molecular weight is 265 g/mol. The summed E-state index contributed by atoms with van der Waals surface area (Å²) in [5, 5.41) is 3.32. The highest BCUT2D eigenvalue weighted by molar-refractivity contribution is 5.94. The number of nitrogens with zero attached hydrogens (tertiary/aromatic N) is 2. The molecule has 1 rings (SSSR count). The maximum absolute atomic E-state index is 11.7. The number of nitrogens with one attached hydrogen (secondary N) is 1. The zero-order valence-electron chi connectivity index (χ0n) is 12.4. The minimum Gasteiger partial charge on any atom is -0.465 e. The topological polar surface area (TPSA) is 64.1 Å². The van der Waals surface area contributed by atoms with Gasteiger partial charge in [0.05, 0.1) is 7.11 Å². The maximum atomic E-state index is 11.7. The van der Waals surface area contributed by atoms with Crippen LogP contribution >= 0.6 is 0 Å². The molecule has 0 saturated heterocycles. The molecule has 5 nitrogen and oxygen atoms in total. The van der Waals surface area contributed by atoms with E-state index < -0.39 is 5.97 Å². The Balaban J connectivity index is 2.98. The molecule has 1 N–H and O–H groups in total. The summed E-state index contributed by atoms with van der Waals surface area (Å²) in [5.74, 6) is 1.31. The van der Waals surface area contributed by atoms with Crippen molar-refractivity contribution in [2.24, 2.45) is 5.92 Å². The number of methoxy groups -OCH3 is 1. The van der Waals surface area contributed by atoms with Gasteiger partial charge in [0.2, 0.25) is 0 Å². The minimum atomic E-state index is -0.417. The van der Waals surface area contributed by atoms with Gasteiger partial charge in [-0.2, -0.15) is 0 Å². The molecule has 0 aliphatic rings. The Morgan fingerprint density at radius 1 is 1.42 bits per heavy atom. The first-order chi connectivity index (χ1) is 9.03. The molecule has 0 amide bonds. The van der Waals surface area contributed by atoms with Gasteiger partial charge in [0.15, 0.2) is 0 Å². The van der Waals surface area contributed by atoms with Crippen molar-refractivity contribution >= 4 is 11.8 Å². The Morgan fingerprint density at radius 2 is 2.05 bits per heavy atom. The molecular weight excluding hydrogens is 242 g/mol. The summed E-state index contributed by atoms with van der Waals surface area (Å²) in [6.45, 7) is 8.24. The lowest BCUT2D eigenvalue weighted by Crippen LogP contribution is -2.27. The Kier molecular flexibility index (Phi) is 5.73. The lowest BCUT2D eigenvalue weighted by atomic mass is 9.95. The number of esters is 1. The Morgan fingerprint density at radius 3 is 2.58 bits per heavy atom. The minimum absolute atomic E-state index is 0.243. The van der Waals surface area contributed by atoms with E-state index in [1.807, 2.05) is 0 Å². The quantitative estimate of drug-likeness (QED) is 0.801. The number of rotatable bonds is 6. The highest BCUT2D eigenvalue weighted by Gasteiger charge is 2.19. The molecule has 19 heavy (non-hydrogen) atoms. The van der Waals surface area contributed by atoms with Gasteiger partial charge in [0, 0.05) is 12.2 Å². The standard InChI is InChI=1S/C14H23N3O2/c1-6-11(7-2)9(3)16-13-12(14(18)19-5)8-15-10(4)17-13/h8-9,11H,6-7H2,1-5H3,(H,15,16,17). The predicted octanol–water partition coefficient (Wildman–Crippen LogP) is 2.81.